The molecule has 4 heteroatoms. The number of thiophene rings is 1. The summed E-state index contributed by atoms with van der Waals surface area (Å²) in [6, 6.07) is 62.9. The molecule has 0 aliphatic carbocycles. The molecule has 8 aromatic carbocycles. The van der Waals surface area contributed by atoms with Crippen LogP contribution in [0.3, 0.4) is 0 Å². The van der Waals surface area contributed by atoms with Crippen molar-refractivity contribution in [1.29, 1.82) is 0 Å². The Morgan fingerprint density at radius 3 is 1.96 bits per heavy atom. The van der Waals surface area contributed by atoms with Crippen LogP contribution in [0.5, 0.6) is 0 Å². The first-order valence-corrected chi connectivity index (χ1v) is 18.4. The van der Waals surface area contributed by atoms with E-state index in [4.69, 9.17) is 9.97 Å². The van der Waals surface area contributed by atoms with E-state index in [1.165, 1.54) is 52.8 Å². The molecule has 0 fully saturated rings. The molecule has 242 valence electrons. The van der Waals surface area contributed by atoms with E-state index >= 15 is 0 Å². The Bertz CT molecular complexity index is 3180. The van der Waals surface area contributed by atoms with Crippen LogP contribution in [0, 0.1) is 0 Å². The van der Waals surface area contributed by atoms with Gasteiger partial charge in [-0.3, -0.25) is 0 Å². The van der Waals surface area contributed by atoms with E-state index in [0.29, 0.717) is 0 Å². The zero-order valence-corrected chi connectivity index (χ0v) is 28.8. The minimum Gasteiger partial charge on any atom is -0.307 e. The van der Waals surface area contributed by atoms with Crippen LogP contribution in [0.4, 0.5) is 0 Å². The van der Waals surface area contributed by atoms with Crippen molar-refractivity contribution >= 4 is 75.1 Å². The Labute approximate surface area is 303 Å². The SMILES string of the molecule is c1ccc(-c2nc3cccc(-n4c5cc(-c6cccc7c6sc6ccccc67)ccc5c5c6ccccc6ccc54)c3nc2-c2ccccc2)cc1. The van der Waals surface area contributed by atoms with Gasteiger partial charge in [0.05, 0.1) is 33.6 Å². The van der Waals surface area contributed by atoms with E-state index in [1.54, 1.807) is 0 Å². The van der Waals surface area contributed by atoms with Crippen LogP contribution in [0.25, 0.3) is 103 Å². The summed E-state index contributed by atoms with van der Waals surface area (Å²) in [5, 5.41) is 7.54. The van der Waals surface area contributed by atoms with Crippen molar-refractivity contribution in [3.8, 4) is 39.3 Å². The monoisotopic (exact) mass is 679 g/mol. The van der Waals surface area contributed by atoms with E-state index in [9.17, 15) is 0 Å². The molecule has 0 aliphatic rings. The van der Waals surface area contributed by atoms with Gasteiger partial charge in [0.1, 0.15) is 5.52 Å². The minimum absolute atomic E-state index is 0.859. The second-order valence-electron chi connectivity index (χ2n) is 13.3. The van der Waals surface area contributed by atoms with Crippen molar-refractivity contribution in [3.63, 3.8) is 0 Å². The molecular formula is C48H29N3S. The van der Waals surface area contributed by atoms with E-state index in [1.807, 2.05) is 23.5 Å². The van der Waals surface area contributed by atoms with Gasteiger partial charge in [0.2, 0.25) is 0 Å². The number of nitrogens with zero attached hydrogens (tertiary/aromatic N) is 3. The standard InChI is InChI=1S/C48H29N3S/c1-3-14-31(15-4-1)45-46(32-16-5-2-6-17-32)50-47-39(49-45)22-12-23-41(47)51-40-28-26-30-13-7-8-18-34(30)44(40)38-27-25-33(29-42(38)51)35-20-11-21-37-36-19-9-10-24-43(36)52-48(35)37/h1-29H. The summed E-state index contributed by atoms with van der Waals surface area (Å²) >= 11 is 1.87. The lowest BCUT2D eigenvalue weighted by molar-refractivity contribution is 1.17. The van der Waals surface area contributed by atoms with E-state index in [-0.39, 0.29) is 0 Å². The number of hydrogen-bond acceptors (Lipinski definition) is 3. The molecule has 11 rings (SSSR count). The van der Waals surface area contributed by atoms with Gasteiger partial charge >= 0.3 is 0 Å². The zero-order chi connectivity index (χ0) is 34.2. The highest BCUT2D eigenvalue weighted by Crippen LogP contribution is 2.44. The number of hydrogen-bond donors (Lipinski definition) is 0. The molecule has 3 heterocycles. The largest absolute Gasteiger partial charge is 0.307 e. The maximum absolute atomic E-state index is 5.52. The lowest BCUT2D eigenvalue weighted by Crippen LogP contribution is -2.01. The first kappa shape index (κ1) is 29.1. The van der Waals surface area contributed by atoms with Crippen LogP contribution in [0.15, 0.2) is 176 Å². The van der Waals surface area contributed by atoms with Gasteiger partial charge in [-0.15, -0.1) is 11.3 Å². The van der Waals surface area contributed by atoms with Crippen LogP contribution < -0.4 is 0 Å². The van der Waals surface area contributed by atoms with Crippen LogP contribution in [-0.4, -0.2) is 14.5 Å². The summed E-state index contributed by atoms with van der Waals surface area (Å²) in [4.78, 5) is 10.9. The minimum atomic E-state index is 0.859. The topological polar surface area (TPSA) is 30.7 Å². The van der Waals surface area contributed by atoms with Crippen LogP contribution in [0.1, 0.15) is 0 Å². The van der Waals surface area contributed by atoms with Crippen LogP contribution >= 0.6 is 11.3 Å². The molecule has 0 bridgehead atoms. The third-order valence-corrected chi connectivity index (χ3v) is 11.6. The highest BCUT2D eigenvalue weighted by molar-refractivity contribution is 7.26. The molecule has 0 unspecified atom stereocenters. The normalized spacial score (nSPS) is 11.8. The van der Waals surface area contributed by atoms with E-state index in [2.05, 4.69) is 168 Å². The van der Waals surface area contributed by atoms with Gasteiger partial charge in [-0.2, -0.15) is 0 Å². The fourth-order valence-corrected chi connectivity index (χ4v) is 9.26. The van der Waals surface area contributed by atoms with Gasteiger partial charge in [0.25, 0.3) is 0 Å². The van der Waals surface area contributed by atoms with Crippen LogP contribution in [-0.2, 0) is 0 Å². The van der Waals surface area contributed by atoms with Gasteiger partial charge < -0.3 is 4.57 Å². The molecule has 0 atom stereocenters. The lowest BCUT2D eigenvalue weighted by atomic mass is 10.00. The van der Waals surface area contributed by atoms with Crippen molar-refractivity contribution in [2.24, 2.45) is 0 Å². The molecule has 0 spiro atoms. The molecular weight excluding hydrogens is 651 g/mol. The summed E-state index contributed by atoms with van der Waals surface area (Å²) in [6.45, 7) is 0. The summed E-state index contributed by atoms with van der Waals surface area (Å²) in [5.41, 5.74) is 11.3. The lowest BCUT2D eigenvalue weighted by Gasteiger charge is -2.15. The Morgan fingerprint density at radius 1 is 0.442 bits per heavy atom. The summed E-state index contributed by atoms with van der Waals surface area (Å²) in [7, 11) is 0. The molecule has 3 nitrogen and oxygen atoms in total. The average molecular weight is 680 g/mol. The second-order valence-corrected chi connectivity index (χ2v) is 14.4. The number of rotatable bonds is 4. The number of para-hydroxylation sites is 1. The molecule has 0 amide bonds. The molecule has 0 N–H and O–H groups in total. The fourth-order valence-electron chi connectivity index (χ4n) is 8.03. The molecule has 0 saturated heterocycles. The first-order chi connectivity index (χ1) is 25.8. The number of fused-ring (bicyclic) bond motifs is 9. The maximum atomic E-state index is 5.52. The van der Waals surface area contributed by atoms with Crippen molar-refractivity contribution < 1.29 is 0 Å². The van der Waals surface area contributed by atoms with E-state index < -0.39 is 0 Å². The van der Waals surface area contributed by atoms with E-state index in [0.717, 1.165) is 50.3 Å². The Morgan fingerprint density at radius 2 is 1.13 bits per heavy atom. The van der Waals surface area contributed by atoms with Gasteiger partial charge in [0.15, 0.2) is 0 Å². The highest BCUT2D eigenvalue weighted by Gasteiger charge is 2.21. The first-order valence-electron chi connectivity index (χ1n) is 17.6. The third kappa shape index (κ3) is 4.38. The van der Waals surface area contributed by atoms with Gasteiger partial charge in [-0.05, 0) is 52.2 Å². The Balaban J connectivity index is 1.24. The van der Waals surface area contributed by atoms with Crippen molar-refractivity contribution in [2.75, 3.05) is 0 Å². The van der Waals surface area contributed by atoms with Crippen molar-refractivity contribution in [3.05, 3.63) is 176 Å². The number of benzene rings is 8. The second kappa shape index (κ2) is 11.5. The van der Waals surface area contributed by atoms with Gasteiger partial charge in [0, 0.05) is 42.1 Å². The smallest absolute Gasteiger partial charge is 0.113 e. The number of aromatic nitrogens is 3. The van der Waals surface area contributed by atoms with Crippen LogP contribution in [0.2, 0.25) is 0 Å². The summed E-state index contributed by atoms with van der Waals surface area (Å²) in [6.07, 6.45) is 0. The zero-order valence-electron chi connectivity index (χ0n) is 28.0. The highest BCUT2D eigenvalue weighted by atomic mass is 32.1. The van der Waals surface area contributed by atoms with Crippen molar-refractivity contribution in [2.45, 2.75) is 0 Å². The molecule has 11 aromatic rings. The molecule has 0 radical (unpaired) electrons. The van der Waals surface area contributed by atoms with Gasteiger partial charge in [-0.25, -0.2) is 9.97 Å². The Kier molecular flexibility index (Phi) is 6.42. The predicted molar refractivity (Wildman–Crippen MR) is 221 cm³/mol. The average Bonchev–Trinajstić information content (AvgIpc) is 3.76. The molecule has 0 aliphatic heterocycles. The third-order valence-electron chi connectivity index (χ3n) is 10.4. The quantitative estimate of drug-likeness (QED) is 0.185. The molecule has 52 heavy (non-hydrogen) atoms. The fraction of sp³-hybridized carbons (Fsp3) is 0. The van der Waals surface area contributed by atoms with Gasteiger partial charge in [-0.1, -0.05) is 146 Å². The molecule has 0 saturated carbocycles. The summed E-state index contributed by atoms with van der Waals surface area (Å²) in [5.74, 6) is 0. The predicted octanol–water partition coefficient (Wildman–Crippen LogP) is 13.2. The Hall–Kier alpha value is -6.62. The van der Waals surface area contributed by atoms with Crippen molar-refractivity contribution in [1.82, 2.24) is 14.5 Å². The summed E-state index contributed by atoms with van der Waals surface area (Å²) < 4.78 is 5.04. The maximum Gasteiger partial charge on any atom is 0.113 e. The molecule has 3 aromatic heterocycles.